The van der Waals surface area contributed by atoms with Crippen LogP contribution < -0.4 is 9.47 Å². The molecule has 0 spiro atoms. The van der Waals surface area contributed by atoms with E-state index in [2.05, 4.69) is 9.97 Å². The lowest BCUT2D eigenvalue weighted by Crippen LogP contribution is -1.96. The average Bonchev–Trinajstić information content (AvgIpc) is 3.13. The van der Waals surface area contributed by atoms with Crippen LogP contribution in [0, 0.1) is 0 Å². The summed E-state index contributed by atoms with van der Waals surface area (Å²) in [6, 6.07) is 15.4. The number of aromatic amines is 1. The Morgan fingerprint density at radius 1 is 0.920 bits per heavy atom. The topological polar surface area (TPSA) is 64.2 Å². The van der Waals surface area contributed by atoms with Crippen LogP contribution >= 0.6 is 0 Å². The summed E-state index contributed by atoms with van der Waals surface area (Å²) in [6.07, 6.45) is 0. The second-order valence-corrected chi connectivity index (χ2v) is 7.01. The van der Waals surface area contributed by atoms with Gasteiger partial charge in [-0.15, -0.1) is 0 Å². The molecule has 0 amide bonds. The third kappa shape index (κ3) is 3.58. The number of aromatic nitrogens is 2. The van der Waals surface area contributed by atoms with E-state index in [4.69, 9.17) is 9.47 Å². The van der Waals surface area contributed by atoms with Gasteiger partial charge < -0.3 is 14.5 Å². The smallest absolute Gasteiger partial charge is 0.197 e. The van der Waals surface area contributed by atoms with E-state index in [0.717, 1.165) is 34.0 Å². The summed E-state index contributed by atoms with van der Waals surface area (Å²) in [5.74, 6) is 2.08. The van der Waals surface area contributed by atoms with Gasteiger partial charge in [0.15, 0.2) is 5.16 Å². The molecular weight excluding hydrogens is 336 g/mol. The zero-order valence-corrected chi connectivity index (χ0v) is 15.2. The number of nitrogens with one attached hydrogen (secondary N) is 1. The largest absolute Gasteiger partial charge is 0.497 e. The van der Waals surface area contributed by atoms with Gasteiger partial charge in [-0.3, -0.25) is 4.21 Å². The molecule has 0 saturated carbocycles. The molecule has 3 aromatic rings. The first kappa shape index (κ1) is 17.2. The molecule has 1 atom stereocenters. The van der Waals surface area contributed by atoms with Gasteiger partial charge in [0, 0.05) is 16.9 Å². The summed E-state index contributed by atoms with van der Waals surface area (Å²) >= 11 is 0. The molecular formula is C19H20N2O3S. The minimum Gasteiger partial charge on any atom is -0.497 e. The Balaban J connectivity index is 2.10. The lowest BCUT2D eigenvalue weighted by Gasteiger charge is -2.06. The highest BCUT2D eigenvalue weighted by molar-refractivity contribution is 7.84. The average molecular weight is 356 g/mol. The third-order valence-electron chi connectivity index (χ3n) is 3.90. The fourth-order valence-electron chi connectivity index (χ4n) is 2.52. The van der Waals surface area contributed by atoms with Crippen LogP contribution in [0.1, 0.15) is 6.92 Å². The molecule has 0 aliphatic carbocycles. The first-order valence-corrected chi connectivity index (χ1v) is 9.25. The van der Waals surface area contributed by atoms with E-state index in [1.165, 1.54) is 0 Å². The predicted molar refractivity (Wildman–Crippen MR) is 99.5 cm³/mol. The summed E-state index contributed by atoms with van der Waals surface area (Å²) < 4.78 is 22.7. The monoisotopic (exact) mass is 356 g/mol. The quantitative estimate of drug-likeness (QED) is 0.728. The Bertz CT molecular complexity index is 806. The molecule has 0 radical (unpaired) electrons. The molecule has 0 fully saturated rings. The molecule has 6 heteroatoms. The summed E-state index contributed by atoms with van der Waals surface area (Å²) in [6.45, 7) is 1.87. The maximum absolute atomic E-state index is 12.2. The van der Waals surface area contributed by atoms with Crippen molar-refractivity contribution in [3.05, 3.63) is 48.5 Å². The highest BCUT2D eigenvalue weighted by Crippen LogP contribution is 2.32. The fraction of sp³-hybridized carbons (Fsp3) is 0.211. The Hall–Kier alpha value is -2.60. The summed E-state index contributed by atoms with van der Waals surface area (Å²) in [4.78, 5) is 7.83. The van der Waals surface area contributed by atoms with Gasteiger partial charge in [0.05, 0.1) is 36.4 Å². The van der Waals surface area contributed by atoms with E-state index in [-0.39, 0.29) is 0 Å². The van der Waals surface area contributed by atoms with E-state index in [0.29, 0.717) is 10.9 Å². The van der Waals surface area contributed by atoms with E-state index < -0.39 is 10.8 Å². The number of imidazole rings is 1. The van der Waals surface area contributed by atoms with Gasteiger partial charge in [-0.25, -0.2) is 4.98 Å². The number of nitrogens with zero attached hydrogens (tertiary/aromatic N) is 1. The van der Waals surface area contributed by atoms with Crippen molar-refractivity contribution in [3.63, 3.8) is 0 Å². The van der Waals surface area contributed by atoms with E-state index in [1.807, 2.05) is 55.5 Å². The van der Waals surface area contributed by atoms with Crippen molar-refractivity contribution in [1.29, 1.82) is 0 Å². The Morgan fingerprint density at radius 3 is 1.92 bits per heavy atom. The number of ether oxygens (including phenoxy) is 2. The van der Waals surface area contributed by atoms with Gasteiger partial charge in [-0.05, 0) is 48.5 Å². The Morgan fingerprint density at radius 2 is 1.44 bits per heavy atom. The molecule has 1 unspecified atom stereocenters. The minimum atomic E-state index is -1.16. The van der Waals surface area contributed by atoms with Gasteiger partial charge in [-0.1, -0.05) is 6.92 Å². The van der Waals surface area contributed by atoms with Crippen molar-refractivity contribution in [2.75, 3.05) is 20.0 Å². The summed E-state index contributed by atoms with van der Waals surface area (Å²) in [5, 5.41) is 0.485. The lowest BCUT2D eigenvalue weighted by atomic mass is 10.0. The highest BCUT2D eigenvalue weighted by Gasteiger charge is 2.17. The van der Waals surface area contributed by atoms with Crippen molar-refractivity contribution in [1.82, 2.24) is 9.97 Å². The first-order chi connectivity index (χ1) is 12.2. The van der Waals surface area contributed by atoms with E-state index in [9.17, 15) is 4.21 Å². The number of benzene rings is 2. The first-order valence-electron chi connectivity index (χ1n) is 7.93. The highest BCUT2D eigenvalue weighted by atomic mass is 32.2. The lowest BCUT2D eigenvalue weighted by molar-refractivity contribution is 0.414. The second kappa shape index (κ2) is 7.53. The Labute approximate surface area is 149 Å². The second-order valence-electron chi connectivity index (χ2n) is 5.36. The molecule has 1 aromatic heterocycles. The predicted octanol–water partition coefficient (Wildman–Crippen LogP) is 3.89. The van der Waals surface area contributed by atoms with Crippen molar-refractivity contribution in [2.45, 2.75) is 12.1 Å². The number of hydrogen-bond donors (Lipinski definition) is 1. The van der Waals surface area contributed by atoms with Crippen LogP contribution in [0.15, 0.2) is 53.7 Å². The van der Waals surface area contributed by atoms with Gasteiger partial charge in [0.1, 0.15) is 11.5 Å². The van der Waals surface area contributed by atoms with E-state index >= 15 is 0 Å². The van der Waals surface area contributed by atoms with E-state index in [1.54, 1.807) is 14.2 Å². The zero-order valence-electron chi connectivity index (χ0n) is 14.4. The molecule has 0 aliphatic rings. The maximum Gasteiger partial charge on any atom is 0.197 e. The molecule has 3 rings (SSSR count). The van der Waals surface area contributed by atoms with Crippen LogP contribution in [0.5, 0.6) is 11.5 Å². The fourth-order valence-corrected chi connectivity index (χ4v) is 3.20. The SMILES string of the molecule is CCS(=O)c1nc(-c2ccc(OC)cc2)c(-c2ccc(OC)cc2)[nH]1. The number of H-pyrrole nitrogens is 1. The summed E-state index contributed by atoms with van der Waals surface area (Å²) in [7, 11) is 2.11. The van der Waals surface area contributed by atoms with Gasteiger partial charge in [-0.2, -0.15) is 0 Å². The van der Waals surface area contributed by atoms with Crippen molar-refractivity contribution in [3.8, 4) is 34.0 Å². The molecule has 0 aliphatic heterocycles. The molecule has 1 heterocycles. The normalized spacial score (nSPS) is 12.0. The number of methoxy groups -OCH3 is 2. The molecule has 130 valence electrons. The maximum atomic E-state index is 12.2. The standard InChI is InChI=1S/C19H20N2O3S/c1-4-25(22)19-20-17(13-5-9-15(23-2)10-6-13)18(21-19)14-7-11-16(24-3)12-8-14/h5-12H,4H2,1-3H3,(H,20,21). The van der Waals surface area contributed by atoms with Crippen LogP contribution in [-0.2, 0) is 10.8 Å². The molecule has 2 aromatic carbocycles. The van der Waals surface area contributed by atoms with Crippen LogP contribution in [0.3, 0.4) is 0 Å². The van der Waals surface area contributed by atoms with Gasteiger partial charge in [0.2, 0.25) is 0 Å². The van der Waals surface area contributed by atoms with Crippen molar-refractivity contribution in [2.24, 2.45) is 0 Å². The van der Waals surface area contributed by atoms with Crippen molar-refractivity contribution < 1.29 is 13.7 Å². The van der Waals surface area contributed by atoms with Gasteiger partial charge in [0.25, 0.3) is 0 Å². The van der Waals surface area contributed by atoms with Crippen LogP contribution in [0.4, 0.5) is 0 Å². The molecule has 25 heavy (non-hydrogen) atoms. The molecule has 0 saturated heterocycles. The molecule has 1 N–H and O–H groups in total. The summed E-state index contributed by atoms with van der Waals surface area (Å²) in [5.41, 5.74) is 3.50. The zero-order chi connectivity index (χ0) is 17.8. The van der Waals surface area contributed by atoms with Crippen LogP contribution in [0.25, 0.3) is 22.5 Å². The molecule has 5 nitrogen and oxygen atoms in total. The Kier molecular flexibility index (Phi) is 5.19. The number of rotatable bonds is 6. The van der Waals surface area contributed by atoms with Crippen LogP contribution in [0.2, 0.25) is 0 Å². The third-order valence-corrected chi connectivity index (χ3v) is 5.05. The van der Waals surface area contributed by atoms with Crippen LogP contribution in [-0.4, -0.2) is 34.1 Å². The van der Waals surface area contributed by atoms with Gasteiger partial charge >= 0.3 is 0 Å². The van der Waals surface area contributed by atoms with Crippen molar-refractivity contribution >= 4 is 10.8 Å². The minimum absolute atomic E-state index is 0.485. The molecule has 0 bridgehead atoms. The number of hydrogen-bond acceptors (Lipinski definition) is 4.